The van der Waals surface area contributed by atoms with Crippen LogP contribution < -0.4 is 4.90 Å². The summed E-state index contributed by atoms with van der Waals surface area (Å²) in [5.74, 6) is -0.201. The van der Waals surface area contributed by atoms with E-state index in [9.17, 15) is 13.2 Å². The van der Waals surface area contributed by atoms with Crippen LogP contribution in [0.3, 0.4) is 0 Å². The van der Waals surface area contributed by atoms with Crippen LogP contribution in [0.15, 0.2) is 71.6 Å². The van der Waals surface area contributed by atoms with Gasteiger partial charge in [0.2, 0.25) is 0 Å². The lowest BCUT2D eigenvalue weighted by Gasteiger charge is -2.20. The number of thiazole rings is 1. The predicted octanol–water partition coefficient (Wildman–Crippen LogP) is 5.55. The van der Waals surface area contributed by atoms with Crippen LogP contribution >= 0.6 is 11.3 Å². The Hall–Kier alpha value is -3.03. The molecular weight excluding hydrogens is 440 g/mol. The molecule has 0 radical (unpaired) electrons. The number of aryl methyl sites for hydroxylation is 2. The fourth-order valence-corrected chi connectivity index (χ4v) is 5.62. The second-order valence-electron chi connectivity index (χ2n) is 7.73. The number of nitrogens with zero attached hydrogens (tertiary/aromatic N) is 2. The lowest BCUT2D eigenvalue weighted by atomic mass is 10.1. The molecule has 7 heteroatoms. The molecule has 5 nitrogen and oxygen atoms in total. The third kappa shape index (κ3) is 4.45. The maximum absolute atomic E-state index is 13.6. The molecule has 0 unspecified atom stereocenters. The summed E-state index contributed by atoms with van der Waals surface area (Å²) >= 11 is 1.49. The van der Waals surface area contributed by atoms with Gasteiger partial charge in [0.25, 0.3) is 5.91 Å². The van der Waals surface area contributed by atoms with E-state index in [0.717, 1.165) is 26.9 Å². The highest BCUT2D eigenvalue weighted by molar-refractivity contribution is 7.91. The van der Waals surface area contributed by atoms with Crippen molar-refractivity contribution in [2.75, 3.05) is 10.7 Å². The Labute approximate surface area is 192 Å². The van der Waals surface area contributed by atoms with E-state index in [1.54, 1.807) is 24.0 Å². The first kappa shape index (κ1) is 22.2. The predicted molar refractivity (Wildman–Crippen MR) is 130 cm³/mol. The van der Waals surface area contributed by atoms with Crippen molar-refractivity contribution in [2.45, 2.75) is 32.2 Å². The second kappa shape index (κ2) is 8.84. The molecule has 4 rings (SSSR count). The molecular formula is C25H24N2O3S2. The van der Waals surface area contributed by atoms with Crippen LogP contribution in [0.4, 0.5) is 5.13 Å². The topological polar surface area (TPSA) is 67.3 Å². The zero-order valence-corrected chi connectivity index (χ0v) is 19.8. The average Bonchev–Trinajstić information content (AvgIpc) is 3.22. The van der Waals surface area contributed by atoms with E-state index in [4.69, 9.17) is 4.98 Å². The number of hydrogen-bond donors (Lipinski definition) is 0. The Morgan fingerprint density at radius 2 is 1.69 bits per heavy atom. The molecule has 0 saturated carbocycles. The van der Waals surface area contributed by atoms with Crippen LogP contribution in [0.1, 0.15) is 34.0 Å². The number of benzene rings is 3. The number of carbonyl (C=O) groups excluding carboxylic acids is 1. The molecule has 0 spiro atoms. The smallest absolute Gasteiger partial charge is 0.260 e. The minimum atomic E-state index is -3.32. The summed E-state index contributed by atoms with van der Waals surface area (Å²) in [6.07, 6.45) is 0. The van der Waals surface area contributed by atoms with Crippen molar-refractivity contribution in [2.24, 2.45) is 0 Å². The summed E-state index contributed by atoms with van der Waals surface area (Å²) in [5.41, 5.74) is 4.52. The molecule has 0 fully saturated rings. The van der Waals surface area contributed by atoms with E-state index in [0.29, 0.717) is 17.2 Å². The molecule has 0 aliphatic carbocycles. The van der Waals surface area contributed by atoms with Gasteiger partial charge in [-0.2, -0.15) is 0 Å². The molecule has 1 aromatic heterocycles. The molecule has 0 bridgehead atoms. The van der Waals surface area contributed by atoms with Crippen LogP contribution in [0.25, 0.3) is 10.2 Å². The first-order valence-electron chi connectivity index (χ1n) is 10.3. The van der Waals surface area contributed by atoms with E-state index in [2.05, 4.69) is 12.1 Å². The van der Waals surface area contributed by atoms with Gasteiger partial charge in [0.15, 0.2) is 15.0 Å². The first-order valence-corrected chi connectivity index (χ1v) is 12.8. The minimum absolute atomic E-state index is 0.0187. The largest absolute Gasteiger partial charge is 0.279 e. The molecule has 0 N–H and O–H groups in total. The van der Waals surface area contributed by atoms with Crippen LogP contribution in [-0.4, -0.2) is 25.1 Å². The summed E-state index contributed by atoms with van der Waals surface area (Å²) < 4.78 is 25.3. The van der Waals surface area contributed by atoms with E-state index < -0.39 is 9.84 Å². The first-order chi connectivity index (χ1) is 15.3. The van der Waals surface area contributed by atoms with Crippen LogP contribution in [0, 0.1) is 13.8 Å². The van der Waals surface area contributed by atoms with Gasteiger partial charge in [0.05, 0.1) is 27.4 Å². The third-order valence-corrected chi connectivity index (χ3v) is 8.09. The van der Waals surface area contributed by atoms with Crippen molar-refractivity contribution >= 4 is 42.4 Å². The standard InChI is InChI=1S/C25H24N2O3S2/c1-4-32(29,30)21-12-10-20(11-13-21)24(28)27(16-19-8-6-5-7-9-19)25-26-23-18(3)14-17(2)15-22(23)31-25/h5-15H,4,16H2,1-3H3. The number of rotatable bonds is 6. The van der Waals surface area contributed by atoms with E-state index in [1.807, 2.05) is 44.2 Å². The van der Waals surface area contributed by atoms with Gasteiger partial charge in [-0.05, 0) is 60.9 Å². The zero-order chi connectivity index (χ0) is 22.9. The molecule has 1 amide bonds. The summed E-state index contributed by atoms with van der Waals surface area (Å²) in [7, 11) is -3.32. The number of aromatic nitrogens is 1. The van der Waals surface area contributed by atoms with Gasteiger partial charge in [-0.1, -0.05) is 54.7 Å². The summed E-state index contributed by atoms with van der Waals surface area (Å²) in [6.45, 7) is 6.04. The average molecular weight is 465 g/mol. The number of amides is 1. The van der Waals surface area contributed by atoms with Crippen molar-refractivity contribution in [3.8, 4) is 0 Å². The summed E-state index contributed by atoms with van der Waals surface area (Å²) in [6, 6.07) is 20.1. The van der Waals surface area contributed by atoms with Crippen molar-refractivity contribution in [3.63, 3.8) is 0 Å². The van der Waals surface area contributed by atoms with Crippen molar-refractivity contribution in [3.05, 3.63) is 89.0 Å². The maximum Gasteiger partial charge on any atom is 0.260 e. The molecule has 0 aliphatic heterocycles. The maximum atomic E-state index is 13.6. The number of sulfone groups is 1. The van der Waals surface area contributed by atoms with Gasteiger partial charge in [-0.15, -0.1) is 0 Å². The highest BCUT2D eigenvalue weighted by Gasteiger charge is 2.23. The Bertz CT molecular complexity index is 1380. The highest BCUT2D eigenvalue weighted by atomic mass is 32.2. The van der Waals surface area contributed by atoms with Gasteiger partial charge in [-0.25, -0.2) is 13.4 Å². The third-order valence-electron chi connectivity index (χ3n) is 5.32. The van der Waals surface area contributed by atoms with Crippen molar-refractivity contribution in [1.29, 1.82) is 0 Å². The van der Waals surface area contributed by atoms with Gasteiger partial charge in [0.1, 0.15) is 0 Å². The van der Waals surface area contributed by atoms with E-state index >= 15 is 0 Å². The molecule has 1 heterocycles. The molecule has 32 heavy (non-hydrogen) atoms. The molecule has 0 aliphatic rings. The van der Waals surface area contributed by atoms with Gasteiger partial charge >= 0.3 is 0 Å². The molecule has 0 saturated heterocycles. The fourth-order valence-electron chi connectivity index (χ4n) is 3.59. The van der Waals surface area contributed by atoms with Crippen molar-refractivity contribution < 1.29 is 13.2 Å². The van der Waals surface area contributed by atoms with Crippen molar-refractivity contribution in [1.82, 2.24) is 4.98 Å². The Balaban J connectivity index is 1.76. The lowest BCUT2D eigenvalue weighted by molar-refractivity contribution is 0.0985. The Morgan fingerprint density at radius 1 is 1.00 bits per heavy atom. The molecule has 164 valence electrons. The number of anilines is 1. The van der Waals surface area contributed by atoms with E-state index in [1.165, 1.54) is 23.5 Å². The second-order valence-corrected chi connectivity index (χ2v) is 11.0. The van der Waals surface area contributed by atoms with Crippen LogP contribution in [0.5, 0.6) is 0 Å². The monoisotopic (exact) mass is 464 g/mol. The highest BCUT2D eigenvalue weighted by Crippen LogP contribution is 2.33. The SMILES string of the molecule is CCS(=O)(=O)c1ccc(C(=O)N(Cc2ccccc2)c2nc3c(C)cc(C)cc3s2)cc1. The minimum Gasteiger partial charge on any atom is -0.279 e. The zero-order valence-electron chi connectivity index (χ0n) is 18.2. The van der Waals surface area contributed by atoms with Gasteiger partial charge < -0.3 is 0 Å². The molecule has 3 aromatic carbocycles. The number of carbonyl (C=O) groups is 1. The van der Waals surface area contributed by atoms with Gasteiger partial charge in [0, 0.05) is 5.56 Å². The van der Waals surface area contributed by atoms with Gasteiger partial charge in [-0.3, -0.25) is 9.69 Å². The quantitative estimate of drug-likeness (QED) is 0.375. The summed E-state index contributed by atoms with van der Waals surface area (Å²) in [5, 5.41) is 0.618. The summed E-state index contributed by atoms with van der Waals surface area (Å²) in [4.78, 5) is 20.2. The number of fused-ring (bicyclic) bond motifs is 1. The normalized spacial score (nSPS) is 11.6. The Morgan fingerprint density at radius 3 is 2.34 bits per heavy atom. The number of hydrogen-bond acceptors (Lipinski definition) is 5. The molecule has 0 atom stereocenters. The fraction of sp³-hybridized carbons (Fsp3) is 0.200. The van der Waals surface area contributed by atoms with Crippen LogP contribution in [0.2, 0.25) is 0 Å². The Kier molecular flexibility index (Phi) is 6.13. The molecule has 4 aromatic rings. The lowest BCUT2D eigenvalue weighted by Crippen LogP contribution is -2.30. The van der Waals surface area contributed by atoms with E-state index in [-0.39, 0.29) is 16.6 Å². The van der Waals surface area contributed by atoms with Crippen LogP contribution in [-0.2, 0) is 16.4 Å².